The molecule has 1 amide bonds. The van der Waals surface area contributed by atoms with E-state index in [2.05, 4.69) is 5.32 Å². The highest BCUT2D eigenvalue weighted by Gasteiger charge is 1.98. The van der Waals surface area contributed by atoms with Gasteiger partial charge in [-0.1, -0.05) is 23.7 Å². The molecule has 0 fully saturated rings. The number of halogens is 1. The zero-order valence-corrected chi connectivity index (χ0v) is 11.3. The van der Waals surface area contributed by atoms with Crippen LogP contribution in [0.25, 0.3) is 6.08 Å². The number of aryl methyl sites for hydroxylation is 1. The molecule has 1 aromatic heterocycles. The Labute approximate surface area is 116 Å². The van der Waals surface area contributed by atoms with Crippen LogP contribution in [0.2, 0.25) is 5.02 Å². The van der Waals surface area contributed by atoms with Gasteiger partial charge in [-0.15, -0.1) is 0 Å². The standard InChI is InChI=1S/C15H14ClNO2/c1-11-2-7-14(19-11)8-9-15(18)17-10-12-3-5-13(16)6-4-12/h2-9H,10H2,1H3,(H,17,18). The minimum Gasteiger partial charge on any atom is -0.462 e. The zero-order valence-electron chi connectivity index (χ0n) is 10.5. The number of carbonyl (C=O) groups is 1. The minimum absolute atomic E-state index is 0.163. The minimum atomic E-state index is -0.163. The van der Waals surface area contributed by atoms with E-state index in [1.54, 1.807) is 18.2 Å². The molecule has 2 aromatic rings. The molecule has 0 radical (unpaired) electrons. The first kappa shape index (κ1) is 13.4. The molecular weight excluding hydrogens is 262 g/mol. The van der Waals surface area contributed by atoms with E-state index in [1.165, 1.54) is 6.08 Å². The van der Waals surface area contributed by atoms with Crippen LogP contribution < -0.4 is 5.32 Å². The molecule has 98 valence electrons. The average Bonchev–Trinajstić information content (AvgIpc) is 2.81. The van der Waals surface area contributed by atoms with Crippen LogP contribution in [0.15, 0.2) is 46.9 Å². The normalized spacial score (nSPS) is 10.8. The van der Waals surface area contributed by atoms with E-state index in [4.69, 9.17) is 16.0 Å². The van der Waals surface area contributed by atoms with Crippen LogP contribution in [0.4, 0.5) is 0 Å². The summed E-state index contributed by atoms with van der Waals surface area (Å²) in [7, 11) is 0. The third-order valence-corrected chi connectivity index (χ3v) is 2.79. The van der Waals surface area contributed by atoms with E-state index >= 15 is 0 Å². The summed E-state index contributed by atoms with van der Waals surface area (Å²) >= 11 is 5.78. The summed E-state index contributed by atoms with van der Waals surface area (Å²) in [5.41, 5.74) is 1.000. The molecule has 4 heteroatoms. The Kier molecular flexibility index (Phi) is 4.42. The van der Waals surface area contributed by atoms with Crippen molar-refractivity contribution in [2.24, 2.45) is 0 Å². The monoisotopic (exact) mass is 275 g/mol. The second kappa shape index (κ2) is 6.25. The Morgan fingerprint density at radius 3 is 2.63 bits per heavy atom. The second-order valence-corrected chi connectivity index (χ2v) is 4.56. The molecule has 0 aliphatic heterocycles. The maximum Gasteiger partial charge on any atom is 0.244 e. The molecule has 0 unspecified atom stereocenters. The van der Waals surface area contributed by atoms with Gasteiger partial charge in [-0.3, -0.25) is 4.79 Å². The van der Waals surface area contributed by atoms with Crippen molar-refractivity contribution in [1.29, 1.82) is 0 Å². The highest BCUT2D eigenvalue weighted by molar-refractivity contribution is 6.30. The number of hydrogen-bond donors (Lipinski definition) is 1. The average molecular weight is 276 g/mol. The molecule has 0 saturated carbocycles. The summed E-state index contributed by atoms with van der Waals surface area (Å²) in [6, 6.07) is 11.0. The van der Waals surface area contributed by atoms with Gasteiger partial charge in [-0.2, -0.15) is 0 Å². The van der Waals surface area contributed by atoms with Gasteiger partial charge in [0.2, 0.25) is 5.91 Å². The lowest BCUT2D eigenvalue weighted by Crippen LogP contribution is -2.20. The van der Waals surface area contributed by atoms with Crippen molar-refractivity contribution in [3.05, 3.63) is 64.6 Å². The quantitative estimate of drug-likeness (QED) is 0.867. The van der Waals surface area contributed by atoms with Crippen molar-refractivity contribution >= 4 is 23.6 Å². The fourth-order valence-electron chi connectivity index (χ4n) is 1.55. The maximum atomic E-state index is 11.6. The number of benzene rings is 1. The van der Waals surface area contributed by atoms with Gasteiger partial charge in [0.25, 0.3) is 0 Å². The summed E-state index contributed by atoms with van der Waals surface area (Å²) in [5.74, 6) is 1.32. The molecule has 0 aliphatic rings. The molecule has 0 aliphatic carbocycles. The number of nitrogens with one attached hydrogen (secondary N) is 1. The first-order valence-electron chi connectivity index (χ1n) is 5.90. The molecule has 0 atom stereocenters. The number of furan rings is 1. The number of hydrogen-bond acceptors (Lipinski definition) is 2. The van der Waals surface area contributed by atoms with Crippen LogP contribution in [0.1, 0.15) is 17.1 Å². The lowest BCUT2D eigenvalue weighted by Gasteiger charge is -2.02. The van der Waals surface area contributed by atoms with E-state index < -0.39 is 0 Å². The van der Waals surface area contributed by atoms with Crippen LogP contribution >= 0.6 is 11.6 Å². The molecule has 1 heterocycles. The van der Waals surface area contributed by atoms with Crippen LogP contribution in [0.3, 0.4) is 0 Å². The van der Waals surface area contributed by atoms with E-state index in [-0.39, 0.29) is 5.91 Å². The smallest absolute Gasteiger partial charge is 0.244 e. The van der Waals surface area contributed by atoms with Crippen molar-refractivity contribution in [1.82, 2.24) is 5.32 Å². The van der Waals surface area contributed by atoms with Crippen LogP contribution in [-0.2, 0) is 11.3 Å². The topological polar surface area (TPSA) is 42.2 Å². The van der Waals surface area contributed by atoms with Gasteiger partial charge in [0.1, 0.15) is 11.5 Å². The molecule has 19 heavy (non-hydrogen) atoms. The van der Waals surface area contributed by atoms with Crippen LogP contribution in [-0.4, -0.2) is 5.91 Å². The van der Waals surface area contributed by atoms with Crippen molar-refractivity contribution in [2.75, 3.05) is 0 Å². The summed E-state index contributed by atoms with van der Waals surface area (Å²) in [6.07, 6.45) is 3.10. The first-order valence-corrected chi connectivity index (χ1v) is 6.28. The second-order valence-electron chi connectivity index (χ2n) is 4.13. The molecule has 0 bridgehead atoms. The van der Waals surface area contributed by atoms with E-state index in [9.17, 15) is 4.79 Å². The number of carbonyl (C=O) groups excluding carboxylic acids is 1. The van der Waals surface area contributed by atoms with Gasteiger partial charge in [0.05, 0.1) is 0 Å². The fourth-order valence-corrected chi connectivity index (χ4v) is 1.68. The Bertz CT molecular complexity index is 584. The van der Waals surface area contributed by atoms with E-state index in [0.29, 0.717) is 17.3 Å². The third-order valence-electron chi connectivity index (χ3n) is 2.54. The van der Waals surface area contributed by atoms with Crippen LogP contribution in [0, 0.1) is 6.92 Å². The summed E-state index contributed by atoms with van der Waals surface area (Å²) in [5, 5.41) is 3.47. The van der Waals surface area contributed by atoms with Gasteiger partial charge >= 0.3 is 0 Å². The molecule has 1 aromatic carbocycles. The summed E-state index contributed by atoms with van der Waals surface area (Å²) in [6.45, 7) is 2.33. The van der Waals surface area contributed by atoms with Crippen molar-refractivity contribution in [3.8, 4) is 0 Å². The van der Waals surface area contributed by atoms with Gasteiger partial charge in [0.15, 0.2) is 0 Å². The summed E-state index contributed by atoms with van der Waals surface area (Å²) < 4.78 is 5.33. The summed E-state index contributed by atoms with van der Waals surface area (Å²) in [4.78, 5) is 11.6. The van der Waals surface area contributed by atoms with Gasteiger partial charge < -0.3 is 9.73 Å². The molecule has 3 nitrogen and oxygen atoms in total. The predicted molar refractivity (Wildman–Crippen MR) is 75.8 cm³/mol. The van der Waals surface area contributed by atoms with Gasteiger partial charge in [0, 0.05) is 17.6 Å². The number of rotatable bonds is 4. The first-order chi connectivity index (χ1) is 9.13. The van der Waals surface area contributed by atoms with Crippen molar-refractivity contribution in [3.63, 3.8) is 0 Å². The molecule has 0 spiro atoms. The van der Waals surface area contributed by atoms with Crippen LogP contribution in [0.5, 0.6) is 0 Å². The molecular formula is C15H14ClNO2. The largest absolute Gasteiger partial charge is 0.462 e. The van der Waals surface area contributed by atoms with Crippen molar-refractivity contribution < 1.29 is 9.21 Å². The Morgan fingerprint density at radius 2 is 2.00 bits per heavy atom. The maximum absolute atomic E-state index is 11.6. The highest BCUT2D eigenvalue weighted by Crippen LogP contribution is 2.09. The fraction of sp³-hybridized carbons (Fsp3) is 0.133. The lowest BCUT2D eigenvalue weighted by atomic mass is 10.2. The zero-order chi connectivity index (χ0) is 13.7. The molecule has 2 rings (SSSR count). The van der Waals surface area contributed by atoms with Crippen molar-refractivity contribution in [2.45, 2.75) is 13.5 Å². The highest BCUT2D eigenvalue weighted by atomic mass is 35.5. The lowest BCUT2D eigenvalue weighted by molar-refractivity contribution is -0.116. The third kappa shape index (κ3) is 4.30. The Morgan fingerprint density at radius 1 is 1.26 bits per heavy atom. The van der Waals surface area contributed by atoms with E-state index in [0.717, 1.165) is 11.3 Å². The Balaban J connectivity index is 1.84. The van der Waals surface area contributed by atoms with Gasteiger partial charge in [-0.05, 0) is 42.8 Å². The SMILES string of the molecule is Cc1ccc(C=CC(=O)NCc2ccc(Cl)cc2)o1. The molecule has 1 N–H and O–H groups in total. The number of amides is 1. The Hall–Kier alpha value is -2.00. The van der Waals surface area contributed by atoms with E-state index in [1.807, 2.05) is 31.2 Å². The van der Waals surface area contributed by atoms with Gasteiger partial charge in [-0.25, -0.2) is 0 Å². The molecule has 0 saturated heterocycles. The predicted octanol–water partition coefficient (Wildman–Crippen LogP) is 3.57.